The van der Waals surface area contributed by atoms with Crippen molar-refractivity contribution in [3.63, 3.8) is 0 Å². The van der Waals surface area contributed by atoms with Crippen LogP contribution in [-0.4, -0.2) is 61.7 Å². The van der Waals surface area contributed by atoms with Crippen molar-refractivity contribution in [3.8, 4) is 23.1 Å². The minimum atomic E-state index is 0.0209. The Morgan fingerprint density at radius 1 is 1.00 bits per heavy atom. The van der Waals surface area contributed by atoms with Gasteiger partial charge in [0, 0.05) is 48.1 Å². The summed E-state index contributed by atoms with van der Waals surface area (Å²) in [5, 5.41) is 8.11. The summed E-state index contributed by atoms with van der Waals surface area (Å²) >= 11 is 0. The minimum Gasteiger partial charge on any atom is -0.378 e. The Morgan fingerprint density at radius 3 is 2.69 bits per heavy atom. The fourth-order valence-electron chi connectivity index (χ4n) is 4.34. The van der Waals surface area contributed by atoms with Crippen molar-refractivity contribution in [2.75, 3.05) is 31.6 Å². The summed E-state index contributed by atoms with van der Waals surface area (Å²) in [4.78, 5) is 27.2. The number of carbonyl (C=O) groups is 1. The van der Waals surface area contributed by atoms with Crippen LogP contribution in [0.1, 0.15) is 22.5 Å². The lowest BCUT2D eigenvalue weighted by Crippen LogP contribution is -2.40. The summed E-state index contributed by atoms with van der Waals surface area (Å²) in [7, 11) is 0. The van der Waals surface area contributed by atoms with Crippen LogP contribution in [0, 0.1) is 11.8 Å². The number of hydrogen-bond donors (Lipinski definition) is 1. The van der Waals surface area contributed by atoms with Crippen molar-refractivity contribution in [3.05, 3.63) is 108 Å². The molecule has 0 spiro atoms. The number of benzene rings is 1. The lowest BCUT2D eigenvalue weighted by molar-refractivity contribution is 0.0303. The summed E-state index contributed by atoms with van der Waals surface area (Å²) in [6.45, 7) is 2.39. The van der Waals surface area contributed by atoms with E-state index in [1.54, 1.807) is 16.9 Å². The lowest BCUT2D eigenvalue weighted by Gasteiger charge is -2.26. The maximum atomic E-state index is 12.8. The molecule has 0 saturated carbocycles. The normalized spacial score (nSPS) is 15.1. The fourth-order valence-corrected chi connectivity index (χ4v) is 4.34. The number of carbonyl (C=O) groups excluding carboxylic acids is 1. The second-order valence-electron chi connectivity index (χ2n) is 9.01. The average Bonchev–Trinajstić information content (AvgIpc) is 3.27. The van der Waals surface area contributed by atoms with E-state index in [-0.39, 0.29) is 5.91 Å². The van der Waals surface area contributed by atoms with Gasteiger partial charge in [-0.2, -0.15) is 5.10 Å². The van der Waals surface area contributed by atoms with E-state index in [0.717, 1.165) is 34.8 Å². The molecule has 3 aromatic heterocycles. The van der Waals surface area contributed by atoms with Crippen LogP contribution in [0.25, 0.3) is 16.9 Å². The lowest BCUT2D eigenvalue weighted by atomic mass is 10.1. The van der Waals surface area contributed by atoms with Crippen molar-refractivity contribution in [2.45, 2.75) is 6.42 Å². The van der Waals surface area contributed by atoms with E-state index < -0.39 is 0 Å². The van der Waals surface area contributed by atoms with Gasteiger partial charge in [0.1, 0.15) is 17.8 Å². The maximum absolute atomic E-state index is 12.8. The summed E-state index contributed by atoms with van der Waals surface area (Å²) in [6.07, 6.45) is 13.7. The van der Waals surface area contributed by atoms with E-state index in [9.17, 15) is 4.79 Å². The summed E-state index contributed by atoms with van der Waals surface area (Å²) in [6, 6.07) is 13.2. The highest BCUT2D eigenvalue weighted by molar-refractivity contribution is 5.94. The fraction of sp³-hybridized carbons (Fsp3) is 0.167. The predicted octanol–water partition coefficient (Wildman–Crippen LogP) is 3.89. The smallest absolute Gasteiger partial charge is 0.254 e. The van der Waals surface area contributed by atoms with Gasteiger partial charge in [0.05, 0.1) is 25.1 Å². The standard InChI is InChI=1S/C30H25N7O2/c38-30(36-15-17-39-18-16-36)24-8-6-23(7-9-24)27-11-12-29-32-20-26(37(29)35-27)10-5-22-3-1-2-4-25(19-22)34-28-13-14-31-21-33-28/h1-3,6-9,11-14,19-21H,4,15-18H2,(H,31,33,34). The molecule has 9 nitrogen and oxygen atoms in total. The number of nitrogens with one attached hydrogen (secondary N) is 1. The van der Waals surface area contributed by atoms with Gasteiger partial charge in [-0.05, 0) is 48.4 Å². The van der Waals surface area contributed by atoms with E-state index in [2.05, 4.69) is 38.2 Å². The summed E-state index contributed by atoms with van der Waals surface area (Å²) < 4.78 is 7.09. The Labute approximate surface area is 225 Å². The van der Waals surface area contributed by atoms with Crippen LogP contribution in [-0.2, 0) is 4.74 Å². The van der Waals surface area contributed by atoms with Crippen molar-refractivity contribution in [1.29, 1.82) is 0 Å². The predicted molar refractivity (Wildman–Crippen MR) is 148 cm³/mol. The molecular formula is C30H25N7O2. The Hall–Kier alpha value is -5.07. The Balaban J connectivity index is 1.22. The molecule has 1 amide bonds. The topological polar surface area (TPSA) is 97.5 Å². The third-order valence-corrected chi connectivity index (χ3v) is 6.37. The molecule has 0 unspecified atom stereocenters. The van der Waals surface area contributed by atoms with Gasteiger partial charge in [-0.1, -0.05) is 30.2 Å². The molecule has 192 valence electrons. The molecule has 0 radical (unpaired) electrons. The molecule has 0 bridgehead atoms. The molecule has 1 aliphatic heterocycles. The van der Waals surface area contributed by atoms with Crippen LogP contribution in [0.15, 0.2) is 96.8 Å². The van der Waals surface area contributed by atoms with E-state index in [4.69, 9.17) is 9.84 Å². The molecule has 4 aromatic rings. The zero-order valence-electron chi connectivity index (χ0n) is 21.1. The largest absolute Gasteiger partial charge is 0.378 e. The molecule has 1 aliphatic carbocycles. The second kappa shape index (κ2) is 11.1. The number of allylic oxidation sites excluding steroid dienone is 5. The van der Waals surface area contributed by atoms with Gasteiger partial charge >= 0.3 is 0 Å². The SMILES string of the molecule is O=C(c1ccc(-c2ccc3ncc(C#CC4=CC=CCC(Nc5ccncn5)=C4)n3n2)cc1)N1CCOCC1. The van der Waals surface area contributed by atoms with Crippen LogP contribution in [0.3, 0.4) is 0 Å². The van der Waals surface area contributed by atoms with Gasteiger partial charge in [-0.25, -0.2) is 19.5 Å². The van der Waals surface area contributed by atoms with E-state index in [0.29, 0.717) is 43.2 Å². The Morgan fingerprint density at radius 2 is 1.87 bits per heavy atom. The maximum Gasteiger partial charge on any atom is 0.254 e. The van der Waals surface area contributed by atoms with E-state index in [1.165, 1.54) is 6.33 Å². The van der Waals surface area contributed by atoms with Gasteiger partial charge in [-0.3, -0.25) is 4.79 Å². The molecule has 1 saturated heterocycles. The number of fused-ring (bicyclic) bond motifs is 1. The average molecular weight is 516 g/mol. The highest BCUT2D eigenvalue weighted by Gasteiger charge is 2.18. The summed E-state index contributed by atoms with van der Waals surface area (Å²) in [5.41, 5.74) is 5.55. The highest BCUT2D eigenvalue weighted by Crippen LogP contribution is 2.20. The molecule has 0 atom stereocenters. The molecule has 1 aromatic carbocycles. The number of anilines is 1. The highest BCUT2D eigenvalue weighted by atomic mass is 16.5. The molecule has 1 fully saturated rings. The molecule has 4 heterocycles. The summed E-state index contributed by atoms with van der Waals surface area (Å²) in [5.74, 6) is 7.21. The number of morpholine rings is 1. The minimum absolute atomic E-state index is 0.0209. The van der Waals surface area contributed by atoms with E-state index in [1.807, 2.05) is 65.6 Å². The van der Waals surface area contributed by atoms with Gasteiger partial charge in [0.2, 0.25) is 0 Å². The van der Waals surface area contributed by atoms with Crippen molar-refractivity contribution < 1.29 is 9.53 Å². The number of nitrogens with zero attached hydrogens (tertiary/aromatic N) is 6. The molecule has 6 rings (SSSR count). The first-order valence-electron chi connectivity index (χ1n) is 12.7. The van der Waals surface area contributed by atoms with Crippen LogP contribution in [0.2, 0.25) is 0 Å². The monoisotopic (exact) mass is 515 g/mol. The third kappa shape index (κ3) is 5.61. The van der Waals surface area contributed by atoms with Crippen LogP contribution in [0.4, 0.5) is 5.82 Å². The Bertz CT molecular complexity index is 1650. The first-order valence-corrected chi connectivity index (χ1v) is 12.7. The Kier molecular flexibility index (Phi) is 6.93. The number of aromatic nitrogens is 5. The van der Waals surface area contributed by atoms with Gasteiger partial charge in [0.15, 0.2) is 5.65 Å². The quantitative estimate of drug-likeness (QED) is 0.412. The number of imidazole rings is 1. The van der Waals surface area contributed by atoms with Crippen LogP contribution in [0.5, 0.6) is 0 Å². The molecule has 2 aliphatic rings. The van der Waals surface area contributed by atoms with Crippen molar-refractivity contribution in [1.82, 2.24) is 29.5 Å². The van der Waals surface area contributed by atoms with Crippen molar-refractivity contribution >= 4 is 17.4 Å². The number of ether oxygens (including phenoxy) is 1. The molecule has 39 heavy (non-hydrogen) atoms. The first kappa shape index (κ1) is 24.3. The first-order chi connectivity index (χ1) is 19.2. The van der Waals surface area contributed by atoms with Crippen LogP contribution >= 0.6 is 0 Å². The van der Waals surface area contributed by atoms with Gasteiger partial charge in [0.25, 0.3) is 5.91 Å². The van der Waals surface area contributed by atoms with E-state index >= 15 is 0 Å². The number of amides is 1. The molecule has 1 N–H and O–H groups in total. The zero-order valence-corrected chi connectivity index (χ0v) is 21.1. The number of hydrogen-bond acceptors (Lipinski definition) is 7. The second-order valence-corrected chi connectivity index (χ2v) is 9.01. The molecular weight excluding hydrogens is 490 g/mol. The van der Waals surface area contributed by atoms with Gasteiger partial charge in [-0.15, -0.1) is 0 Å². The number of rotatable bonds is 4. The zero-order chi connectivity index (χ0) is 26.4. The molecule has 9 heteroatoms. The van der Waals surface area contributed by atoms with Crippen molar-refractivity contribution in [2.24, 2.45) is 0 Å². The van der Waals surface area contributed by atoms with Gasteiger partial charge < -0.3 is 15.0 Å². The van der Waals surface area contributed by atoms with Crippen LogP contribution < -0.4 is 5.32 Å². The third-order valence-electron chi connectivity index (χ3n) is 6.37.